The van der Waals surface area contributed by atoms with Crippen molar-refractivity contribution in [2.45, 2.75) is 13.2 Å². The van der Waals surface area contributed by atoms with Gasteiger partial charge in [0.25, 0.3) is 0 Å². The van der Waals surface area contributed by atoms with Crippen molar-refractivity contribution >= 4 is 34.6 Å². The van der Waals surface area contributed by atoms with Crippen molar-refractivity contribution in [3.8, 4) is 0 Å². The number of nitrogens with two attached hydrogens (primary N) is 1. The lowest BCUT2D eigenvalue weighted by Crippen LogP contribution is -2.51. The van der Waals surface area contributed by atoms with Crippen LogP contribution >= 0.6 is 22.9 Å². The van der Waals surface area contributed by atoms with Gasteiger partial charge in [0.05, 0.1) is 18.8 Å². The fourth-order valence-electron chi connectivity index (χ4n) is 2.72. The molecular formula is C17H22ClN5OS. The van der Waals surface area contributed by atoms with Crippen LogP contribution in [-0.4, -0.2) is 49.1 Å². The second-order valence-electron chi connectivity index (χ2n) is 5.79. The van der Waals surface area contributed by atoms with Crippen LogP contribution in [0.15, 0.2) is 34.6 Å². The summed E-state index contributed by atoms with van der Waals surface area (Å²) in [5.41, 5.74) is 8.27. The number of benzene rings is 1. The number of aromatic nitrogens is 1. The molecule has 0 spiro atoms. The number of rotatable bonds is 5. The number of halogens is 1. The fourth-order valence-corrected chi connectivity index (χ4v) is 3.60. The molecule has 1 aromatic heterocycles. The minimum atomic E-state index is 0.503. The Morgan fingerprint density at radius 1 is 1.28 bits per heavy atom. The van der Waals surface area contributed by atoms with Crippen molar-refractivity contribution in [1.82, 2.24) is 9.88 Å². The van der Waals surface area contributed by atoms with Crippen molar-refractivity contribution in [3.05, 3.63) is 45.4 Å². The Morgan fingerprint density at radius 3 is 2.68 bits per heavy atom. The third-order valence-corrected chi connectivity index (χ3v) is 5.19. The minimum Gasteiger partial charge on any atom is -0.378 e. The van der Waals surface area contributed by atoms with Crippen molar-refractivity contribution in [3.63, 3.8) is 0 Å². The van der Waals surface area contributed by atoms with Crippen LogP contribution in [0.5, 0.6) is 0 Å². The largest absolute Gasteiger partial charge is 0.378 e. The molecule has 0 bridgehead atoms. The molecule has 0 aliphatic carbocycles. The molecule has 2 heterocycles. The van der Waals surface area contributed by atoms with Gasteiger partial charge in [-0.1, -0.05) is 11.6 Å². The minimum absolute atomic E-state index is 0.503. The summed E-state index contributed by atoms with van der Waals surface area (Å²) in [6.45, 7) is 4.56. The first-order valence-electron chi connectivity index (χ1n) is 8.13. The van der Waals surface area contributed by atoms with Gasteiger partial charge < -0.3 is 20.3 Å². The maximum Gasteiger partial charge on any atom is 0.191 e. The third-order valence-electron chi connectivity index (χ3n) is 4.07. The van der Waals surface area contributed by atoms with Gasteiger partial charge in [-0.15, -0.1) is 11.3 Å². The number of hydrogen-bond donors (Lipinski definition) is 1. The average Bonchev–Trinajstić information content (AvgIpc) is 3.08. The Hall–Kier alpha value is -1.83. The summed E-state index contributed by atoms with van der Waals surface area (Å²) in [6.07, 6.45) is 0. The molecule has 6 nitrogen and oxygen atoms in total. The quantitative estimate of drug-likeness (QED) is 0.638. The van der Waals surface area contributed by atoms with E-state index < -0.39 is 0 Å². The summed E-state index contributed by atoms with van der Waals surface area (Å²) in [6, 6.07) is 7.94. The molecule has 2 N–H and O–H groups in total. The van der Waals surface area contributed by atoms with E-state index >= 15 is 0 Å². The van der Waals surface area contributed by atoms with Crippen LogP contribution in [-0.2, 0) is 17.9 Å². The van der Waals surface area contributed by atoms with Gasteiger partial charge in [0.15, 0.2) is 5.96 Å². The maximum atomic E-state index is 6.16. The molecule has 3 rings (SSSR count). The van der Waals surface area contributed by atoms with Crippen LogP contribution in [0.25, 0.3) is 0 Å². The predicted octanol–water partition coefficient (Wildman–Crippen LogP) is 2.58. The van der Waals surface area contributed by atoms with Gasteiger partial charge in [0.1, 0.15) is 5.01 Å². The second-order valence-corrected chi connectivity index (χ2v) is 7.17. The average molecular weight is 380 g/mol. The highest BCUT2D eigenvalue weighted by atomic mass is 35.5. The Balaban J connectivity index is 1.51. The number of piperazine rings is 1. The van der Waals surface area contributed by atoms with Crippen molar-refractivity contribution < 1.29 is 4.74 Å². The molecular weight excluding hydrogens is 358 g/mol. The van der Waals surface area contributed by atoms with Gasteiger partial charge in [-0.2, -0.15) is 0 Å². The van der Waals surface area contributed by atoms with E-state index in [1.807, 2.05) is 17.5 Å². The van der Waals surface area contributed by atoms with E-state index in [1.54, 1.807) is 18.4 Å². The molecule has 134 valence electrons. The molecule has 1 aliphatic rings. The molecule has 2 aromatic rings. The number of nitrogens with zero attached hydrogens (tertiary/aromatic N) is 4. The lowest BCUT2D eigenvalue weighted by atomic mass is 10.2. The SMILES string of the molecule is COCc1nc(CN=C(N)N2CCN(c3ccc(Cl)cc3)CC2)cs1. The highest BCUT2D eigenvalue weighted by molar-refractivity contribution is 7.09. The van der Waals surface area contributed by atoms with E-state index in [0.717, 1.165) is 41.9 Å². The van der Waals surface area contributed by atoms with Crippen LogP contribution in [0.3, 0.4) is 0 Å². The van der Waals surface area contributed by atoms with Crippen LogP contribution in [0.4, 0.5) is 5.69 Å². The molecule has 0 saturated carbocycles. The topological polar surface area (TPSA) is 67.0 Å². The summed E-state index contributed by atoms with van der Waals surface area (Å²) in [5.74, 6) is 0.581. The van der Waals surface area contributed by atoms with Crippen molar-refractivity contribution in [2.75, 3.05) is 38.2 Å². The molecule has 25 heavy (non-hydrogen) atoms. The number of guanidine groups is 1. The first kappa shape index (κ1) is 18.0. The number of methoxy groups -OCH3 is 1. The molecule has 0 radical (unpaired) electrons. The highest BCUT2D eigenvalue weighted by Gasteiger charge is 2.18. The Morgan fingerprint density at radius 2 is 2.00 bits per heavy atom. The molecule has 1 saturated heterocycles. The maximum absolute atomic E-state index is 6.16. The molecule has 0 amide bonds. The number of anilines is 1. The van der Waals surface area contributed by atoms with Gasteiger partial charge in [-0.3, -0.25) is 0 Å². The van der Waals surface area contributed by atoms with E-state index in [1.165, 1.54) is 5.69 Å². The number of aliphatic imine (C=N–C) groups is 1. The molecule has 1 aromatic carbocycles. The Bertz CT molecular complexity index is 710. The van der Waals surface area contributed by atoms with Crippen molar-refractivity contribution in [1.29, 1.82) is 0 Å². The molecule has 0 unspecified atom stereocenters. The first-order valence-corrected chi connectivity index (χ1v) is 9.39. The van der Waals surface area contributed by atoms with E-state index in [-0.39, 0.29) is 0 Å². The van der Waals surface area contributed by atoms with E-state index in [9.17, 15) is 0 Å². The molecule has 0 atom stereocenters. The lowest BCUT2D eigenvalue weighted by Gasteiger charge is -2.36. The van der Waals surface area contributed by atoms with E-state index in [2.05, 4.69) is 31.9 Å². The summed E-state index contributed by atoms with van der Waals surface area (Å²) < 4.78 is 5.08. The van der Waals surface area contributed by atoms with Crippen LogP contribution in [0.2, 0.25) is 5.02 Å². The molecule has 8 heteroatoms. The first-order chi connectivity index (χ1) is 12.2. The molecule has 1 aliphatic heterocycles. The van der Waals surface area contributed by atoms with Gasteiger partial charge in [0.2, 0.25) is 0 Å². The third kappa shape index (κ3) is 4.84. The van der Waals surface area contributed by atoms with Crippen molar-refractivity contribution in [2.24, 2.45) is 10.7 Å². The zero-order chi connectivity index (χ0) is 17.6. The standard InChI is InChI=1S/C17H22ClN5OS/c1-24-11-16-21-14(12-25-16)10-20-17(19)23-8-6-22(7-9-23)15-4-2-13(18)3-5-15/h2-5,12H,6-11H2,1H3,(H2,19,20). The zero-order valence-electron chi connectivity index (χ0n) is 14.2. The van der Waals surface area contributed by atoms with E-state index in [4.69, 9.17) is 22.1 Å². The van der Waals surface area contributed by atoms with Gasteiger partial charge in [-0.05, 0) is 24.3 Å². The normalized spacial score (nSPS) is 15.7. The van der Waals surface area contributed by atoms with Crippen LogP contribution < -0.4 is 10.6 Å². The Labute approximate surface area is 156 Å². The summed E-state index contributed by atoms with van der Waals surface area (Å²) in [5, 5.41) is 3.72. The number of hydrogen-bond acceptors (Lipinski definition) is 5. The number of thiazole rings is 1. The van der Waals surface area contributed by atoms with Gasteiger partial charge >= 0.3 is 0 Å². The number of ether oxygens (including phenoxy) is 1. The van der Waals surface area contributed by atoms with Gasteiger partial charge in [0, 0.05) is 49.4 Å². The molecule has 1 fully saturated rings. The smallest absolute Gasteiger partial charge is 0.191 e. The zero-order valence-corrected chi connectivity index (χ0v) is 15.8. The Kier molecular flexibility index (Phi) is 6.12. The monoisotopic (exact) mass is 379 g/mol. The summed E-state index contributed by atoms with van der Waals surface area (Å²) >= 11 is 7.53. The van der Waals surface area contributed by atoms with Gasteiger partial charge in [-0.25, -0.2) is 9.98 Å². The predicted molar refractivity (Wildman–Crippen MR) is 103 cm³/mol. The van der Waals surface area contributed by atoms with Crippen LogP contribution in [0.1, 0.15) is 10.7 Å². The highest BCUT2D eigenvalue weighted by Crippen LogP contribution is 2.19. The second kappa shape index (κ2) is 8.51. The summed E-state index contributed by atoms with van der Waals surface area (Å²) in [7, 11) is 1.67. The van der Waals surface area contributed by atoms with Crippen LogP contribution in [0, 0.1) is 0 Å². The lowest BCUT2D eigenvalue weighted by molar-refractivity contribution is 0.184. The van der Waals surface area contributed by atoms with E-state index in [0.29, 0.717) is 19.1 Å². The fraction of sp³-hybridized carbons (Fsp3) is 0.412. The summed E-state index contributed by atoms with van der Waals surface area (Å²) in [4.78, 5) is 13.4.